The molecule has 0 aliphatic rings. The lowest BCUT2D eigenvalue weighted by atomic mass is 10.2. The van der Waals surface area contributed by atoms with Crippen molar-refractivity contribution in [3.8, 4) is 0 Å². The highest BCUT2D eigenvalue weighted by Gasteiger charge is 2.20. The van der Waals surface area contributed by atoms with Gasteiger partial charge < -0.3 is 18.8 Å². The number of ether oxygens (including phenoxy) is 3. The summed E-state index contributed by atoms with van der Waals surface area (Å²) in [6, 6.07) is 9.12. The van der Waals surface area contributed by atoms with Crippen molar-refractivity contribution in [2.75, 3.05) is 7.11 Å². The van der Waals surface area contributed by atoms with E-state index in [9.17, 15) is 14.4 Å². The van der Waals surface area contributed by atoms with Crippen molar-refractivity contribution in [3.05, 3.63) is 65.9 Å². The highest BCUT2D eigenvalue weighted by Crippen LogP contribution is 2.22. The Kier molecular flexibility index (Phi) is 7.62. The molecular formula is C24H26N4O6. The molecule has 1 aromatic carbocycles. The third-order valence-corrected chi connectivity index (χ3v) is 4.44. The minimum Gasteiger partial charge on any atom is -0.464 e. The van der Waals surface area contributed by atoms with Crippen molar-refractivity contribution < 1.29 is 28.6 Å². The molecule has 2 aromatic heterocycles. The zero-order valence-corrected chi connectivity index (χ0v) is 19.4. The predicted molar refractivity (Wildman–Crippen MR) is 123 cm³/mol. The van der Waals surface area contributed by atoms with Crippen molar-refractivity contribution in [2.24, 2.45) is 0 Å². The van der Waals surface area contributed by atoms with E-state index in [2.05, 4.69) is 15.3 Å². The number of carbonyl (C=O) groups excluding carboxylic acids is 3. The number of benzene rings is 1. The van der Waals surface area contributed by atoms with E-state index in [-0.39, 0.29) is 18.8 Å². The molecular weight excluding hydrogens is 440 g/mol. The number of esters is 2. The summed E-state index contributed by atoms with van der Waals surface area (Å²) in [5.41, 5.74) is 0.954. The maximum Gasteiger partial charge on any atom is 0.412 e. The van der Waals surface area contributed by atoms with Crippen molar-refractivity contribution >= 4 is 35.1 Å². The number of fused-ring (bicyclic) bond motifs is 1. The number of amides is 1. The number of hydrogen-bond acceptors (Lipinski definition) is 8. The van der Waals surface area contributed by atoms with E-state index in [0.717, 1.165) is 5.56 Å². The number of methoxy groups -OCH3 is 1. The van der Waals surface area contributed by atoms with Gasteiger partial charge in [-0.25, -0.2) is 19.6 Å². The Bertz CT molecular complexity index is 1210. The monoisotopic (exact) mass is 466 g/mol. The highest BCUT2D eigenvalue weighted by atomic mass is 16.6. The Morgan fingerprint density at radius 3 is 2.56 bits per heavy atom. The van der Waals surface area contributed by atoms with E-state index in [4.69, 9.17) is 14.2 Å². The van der Waals surface area contributed by atoms with E-state index < -0.39 is 23.6 Å². The molecule has 1 amide bonds. The van der Waals surface area contributed by atoms with Gasteiger partial charge in [0.2, 0.25) is 0 Å². The van der Waals surface area contributed by atoms with E-state index >= 15 is 0 Å². The zero-order chi connectivity index (χ0) is 24.7. The Balaban J connectivity index is 1.85. The second kappa shape index (κ2) is 10.6. The first kappa shape index (κ1) is 24.4. The lowest BCUT2D eigenvalue weighted by molar-refractivity contribution is -0.155. The fraction of sp³-hybridized carbons (Fsp3) is 0.292. The molecule has 0 radical (unpaired) electrons. The molecule has 10 nitrogen and oxygen atoms in total. The molecule has 10 heteroatoms. The number of hydrogen-bond donors (Lipinski definition) is 1. The average molecular weight is 466 g/mol. The second-order valence-electron chi connectivity index (χ2n) is 8.30. The third kappa shape index (κ3) is 6.64. The zero-order valence-electron chi connectivity index (χ0n) is 19.4. The summed E-state index contributed by atoms with van der Waals surface area (Å²) in [7, 11) is 1.20. The largest absolute Gasteiger partial charge is 0.464 e. The van der Waals surface area contributed by atoms with Crippen LogP contribution in [0.2, 0.25) is 0 Å². The molecule has 3 rings (SSSR count). The van der Waals surface area contributed by atoms with Crippen molar-refractivity contribution in [1.29, 1.82) is 0 Å². The molecule has 178 valence electrons. The summed E-state index contributed by atoms with van der Waals surface area (Å²) in [6.07, 6.45) is 5.09. The maximum absolute atomic E-state index is 12.3. The van der Waals surface area contributed by atoms with Gasteiger partial charge in [-0.2, -0.15) is 0 Å². The first-order valence-corrected chi connectivity index (χ1v) is 10.4. The van der Waals surface area contributed by atoms with Gasteiger partial charge in [0, 0.05) is 23.3 Å². The Hall–Kier alpha value is -4.21. The van der Waals surface area contributed by atoms with Crippen LogP contribution < -0.4 is 5.32 Å². The number of nitrogens with zero attached hydrogens (tertiary/aromatic N) is 3. The Morgan fingerprint density at radius 2 is 1.88 bits per heavy atom. The first-order valence-electron chi connectivity index (χ1n) is 10.4. The van der Waals surface area contributed by atoms with Crippen LogP contribution in [0.3, 0.4) is 0 Å². The Morgan fingerprint density at radius 1 is 1.15 bits per heavy atom. The molecule has 0 aliphatic heterocycles. The summed E-state index contributed by atoms with van der Waals surface area (Å²) < 4.78 is 17.0. The van der Waals surface area contributed by atoms with Crippen LogP contribution in [0.25, 0.3) is 17.1 Å². The van der Waals surface area contributed by atoms with E-state index in [1.165, 1.54) is 19.5 Å². The van der Waals surface area contributed by atoms with Crippen LogP contribution in [0, 0.1) is 0 Å². The van der Waals surface area contributed by atoms with Crippen LogP contribution in [0.4, 0.5) is 4.79 Å². The molecule has 0 saturated heterocycles. The summed E-state index contributed by atoms with van der Waals surface area (Å²) in [4.78, 5) is 45.2. The van der Waals surface area contributed by atoms with Gasteiger partial charge in [0.15, 0.2) is 0 Å². The second-order valence-corrected chi connectivity index (χ2v) is 8.30. The average Bonchev–Trinajstić information content (AvgIpc) is 3.13. The quantitative estimate of drug-likeness (QED) is 0.320. The fourth-order valence-electron chi connectivity index (χ4n) is 3.08. The summed E-state index contributed by atoms with van der Waals surface area (Å²) in [6.45, 7) is 5.27. The van der Waals surface area contributed by atoms with Gasteiger partial charge >= 0.3 is 18.0 Å². The lowest BCUT2D eigenvalue weighted by Gasteiger charge is -2.19. The molecule has 0 spiro atoms. The molecule has 3 aromatic rings. The summed E-state index contributed by atoms with van der Waals surface area (Å²) >= 11 is 0. The van der Waals surface area contributed by atoms with Crippen LogP contribution in [-0.4, -0.2) is 45.3 Å². The molecule has 1 N–H and O–H groups in total. The van der Waals surface area contributed by atoms with Crippen LogP contribution >= 0.6 is 0 Å². The molecule has 0 unspecified atom stereocenters. The maximum atomic E-state index is 12.3. The number of rotatable bonds is 7. The SMILES string of the molecule is COC(=O)/C(=C\c1cn(CC(=O)OC(C)(C)C)c2ncncc12)NC(=O)OCc1ccccc1. The van der Waals surface area contributed by atoms with Gasteiger partial charge in [-0.3, -0.25) is 10.1 Å². The minimum atomic E-state index is -0.825. The number of carbonyl (C=O) groups is 3. The molecule has 0 aliphatic carbocycles. The van der Waals surface area contributed by atoms with Gasteiger partial charge in [0.05, 0.1) is 7.11 Å². The smallest absolute Gasteiger partial charge is 0.412 e. The summed E-state index contributed by atoms with van der Waals surface area (Å²) in [5, 5.41) is 2.98. The lowest BCUT2D eigenvalue weighted by Crippen LogP contribution is -2.28. The van der Waals surface area contributed by atoms with Gasteiger partial charge in [-0.1, -0.05) is 30.3 Å². The molecule has 34 heavy (non-hydrogen) atoms. The molecule has 0 bridgehead atoms. The highest BCUT2D eigenvalue weighted by molar-refractivity contribution is 5.99. The standard InChI is InChI=1S/C24H26N4O6/c1-24(2,3)34-20(29)13-28-12-17(18-11-25-15-26-21(18)28)10-19(22(30)32-4)27-23(31)33-14-16-8-6-5-7-9-16/h5-12,15H,13-14H2,1-4H3,(H,27,31)/b19-10+. The molecule has 0 atom stereocenters. The van der Waals surface area contributed by atoms with Crippen LogP contribution in [0.5, 0.6) is 0 Å². The molecule has 0 saturated carbocycles. The van der Waals surface area contributed by atoms with E-state index in [1.54, 1.807) is 37.7 Å². The number of aromatic nitrogens is 3. The van der Waals surface area contributed by atoms with Gasteiger partial charge in [0.25, 0.3) is 0 Å². The van der Waals surface area contributed by atoms with Gasteiger partial charge in [-0.15, -0.1) is 0 Å². The Labute approximate surface area is 196 Å². The number of nitrogens with one attached hydrogen (secondary N) is 1. The van der Waals surface area contributed by atoms with Crippen molar-refractivity contribution in [3.63, 3.8) is 0 Å². The van der Waals surface area contributed by atoms with Crippen LogP contribution in [0.15, 0.2) is 54.7 Å². The minimum absolute atomic E-state index is 0.0319. The van der Waals surface area contributed by atoms with Crippen LogP contribution in [-0.2, 0) is 37.0 Å². The molecule has 2 heterocycles. The third-order valence-electron chi connectivity index (χ3n) is 4.44. The molecule has 0 fully saturated rings. The van der Waals surface area contributed by atoms with Crippen molar-refractivity contribution in [2.45, 2.75) is 39.5 Å². The van der Waals surface area contributed by atoms with E-state index in [1.807, 2.05) is 30.3 Å². The topological polar surface area (TPSA) is 122 Å². The summed E-state index contributed by atoms with van der Waals surface area (Å²) in [5.74, 6) is -1.23. The van der Waals surface area contributed by atoms with Crippen molar-refractivity contribution in [1.82, 2.24) is 19.9 Å². The number of alkyl carbamates (subject to hydrolysis) is 1. The van der Waals surface area contributed by atoms with Gasteiger partial charge in [-0.05, 0) is 32.4 Å². The van der Waals surface area contributed by atoms with Crippen LogP contribution in [0.1, 0.15) is 31.9 Å². The normalized spacial score (nSPS) is 11.7. The van der Waals surface area contributed by atoms with Gasteiger partial charge in [0.1, 0.15) is 36.4 Å². The predicted octanol–water partition coefficient (Wildman–Crippen LogP) is 3.21. The van der Waals surface area contributed by atoms with E-state index in [0.29, 0.717) is 16.6 Å². The fourth-order valence-corrected chi connectivity index (χ4v) is 3.08. The first-order chi connectivity index (χ1) is 16.2.